The second-order valence-corrected chi connectivity index (χ2v) is 19.5. The normalized spacial score (nSPS) is 15.5. The van der Waals surface area contributed by atoms with Crippen LogP contribution in [0.15, 0.2) is 24.3 Å². The van der Waals surface area contributed by atoms with Crippen molar-refractivity contribution in [3.8, 4) is 0 Å². The summed E-state index contributed by atoms with van der Waals surface area (Å²) in [4.78, 5) is 0. The predicted molar refractivity (Wildman–Crippen MR) is 244 cm³/mol. The van der Waals surface area contributed by atoms with Crippen molar-refractivity contribution in [1.29, 1.82) is 0 Å². The number of rotatable bonds is 8. The number of hydrogen-bond acceptors (Lipinski definition) is 0. The van der Waals surface area contributed by atoms with Crippen molar-refractivity contribution in [3.05, 3.63) is 47.2 Å². The van der Waals surface area contributed by atoms with Crippen LogP contribution in [0.4, 0.5) is 0 Å². The van der Waals surface area contributed by atoms with Gasteiger partial charge in [0.1, 0.15) is 0 Å². The number of benzene rings is 1. The van der Waals surface area contributed by atoms with Crippen LogP contribution in [0.2, 0.25) is 0 Å². The molecule has 0 nitrogen and oxygen atoms in total. The van der Waals surface area contributed by atoms with Crippen molar-refractivity contribution >= 4 is 0 Å². The van der Waals surface area contributed by atoms with Gasteiger partial charge in [0.25, 0.3) is 0 Å². The van der Waals surface area contributed by atoms with Crippen LogP contribution in [-0.2, 0) is 32.7 Å². The van der Waals surface area contributed by atoms with E-state index < -0.39 is 0 Å². The molecule has 1 aliphatic carbocycles. The van der Waals surface area contributed by atoms with Gasteiger partial charge in [-0.2, -0.15) is 39.5 Å². The van der Waals surface area contributed by atoms with E-state index in [1.807, 2.05) is 27.7 Å². The summed E-state index contributed by atoms with van der Waals surface area (Å²) < 4.78 is 0. The van der Waals surface area contributed by atoms with Crippen molar-refractivity contribution in [2.75, 3.05) is 0 Å². The molecule has 52 heavy (non-hydrogen) atoms. The number of hydrogen-bond donors (Lipinski definition) is 0. The average molecular weight is 806 g/mol. The van der Waals surface area contributed by atoms with E-state index in [0.717, 1.165) is 41.4 Å². The van der Waals surface area contributed by atoms with Crippen molar-refractivity contribution in [2.45, 2.75) is 225 Å². The van der Waals surface area contributed by atoms with Gasteiger partial charge in [-0.1, -0.05) is 197 Å². The van der Waals surface area contributed by atoms with Crippen LogP contribution in [0.25, 0.3) is 0 Å². The van der Waals surface area contributed by atoms with E-state index in [4.69, 9.17) is 0 Å². The predicted octanol–water partition coefficient (Wildman–Crippen LogP) is 18.6. The van der Waals surface area contributed by atoms with Crippen LogP contribution in [0.5, 0.6) is 0 Å². The van der Waals surface area contributed by atoms with Gasteiger partial charge in [0.15, 0.2) is 0 Å². The first-order valence-electron chi connectivity index (χ1n) is 21.7. The molecule has 2 unspecified atom stereocenters. The van der Waals surface area contributed by atoms with Gasteiger partial charge in [0, 0.05) is 32.7 Å². The molecule has 1 heteroatoms. The Hall–Kier alpha value is 0.324. The SMILES string of the molecule is CC.CC.CC(C)C(C)(C)C(C)(C)C(C)(C)C.CC(C)C1CCC1C(C)C.CC(C)c1ccccc1C(C)C.C[C-](C)C(C)C.C[C-](C)C(C)C.[Y]. The maximum atomic E-state index is 2.40. The Morgan fingerprint density at radius 1 is 0.500 bits per heavy atom. The topological polar surface area (TPSA) is 0 Å². The van der Waals surface area contributed by atoms with Crippen LogP contribution in [0.1, 0.15) is 237 Å². The molecule has 1 saturated carbocycles. The van der Waals surface area contributed by atoms with E-state index in [1.165, 1.54) is 35.8 Å². The van der Waals surface area contributed by atoms with Crippen LogP contribution >= 0.6 is 0 Å². The summed E-state index contributed by atoms with van der Waals surface area (Å²) in [6.07, 6.45) is 2.97. The second kappa shape index (κ2) is 32.4. The molecule has 0 aromatic heterocycles. The molecule has 0 bridgehead atoms. The summed E-state index contributed by atoms with van der Waals surface area (Å²) >= 11 is 0. The van der Waals surface area contributed by atoms with Gasteiger partial charge in [-0.3, -0.25) is 0 Å². The van der Waals surface area contributed by atoms with E-state index in [-0.39, 0.29) is 32.7 Å². The first-order valence-corrected chi connectivity index (χ1v) is 21.7. The fraction of sp³-hybridized carbons (Fsp3) is 0.843. The fourth-order valence-electron chi connectivity index (χ4n) is 5.46. The molecule has 0 aliphatic heterocycles. The summed E-state index contributed by atoms with van der Waals surface area (Å²) in [5, 5.41) is 0. The molecule has 1 aromatic carbocycles. The summed E-state index contributed by atoms with van der Waals surface area (Å²) in [5.41, 5.74) is 4.08. The van der Waals surface area contributed by atoms with Gasteiger partial charge in [-0.15, -0.1) is 0 Å². The standard InChI is InChI=1S/C13H28.C12H18.C10H20.2C6H13.2C2H6.Y/c1-10(2)12(6,7)13(8,9)11(3,4)5;1-9(2)11-7-5-6-8-12(11)10(3)4;1-7(2)9-5-6-10(9)8(3)4;2*1-5(2)6(3)4;2*1-2;/h10H,1-9H3;5-10H,1-4H3;7-10H,5-6H2,1-4H3;2*5H,1-4H3;2*1-2H3;/q;;;2*-1;;;. The van der Waals surface area contributed by atoms with Crippen molar-refractivity contribution < 1.29 is 32.7 Å². The minimum atomic E-state index is 0. The summed E-state index contributed by atoms with van der Waals surface area (Å²) in [6, 6.07) is 8.72. The molecule has 0 amide bonds. The smallest absolute Gasteiger partial charge is 0 e. The third kappa shape index (κ3) is 26.2. The van der Waals surface area contributed by atoms with Gasteiger partial charge >= 0.3 is 0 Å². The third-order valence-corrected chi connectivity index (χ3v) is 12.6. The molecule has 1 radical (unpaired) electrons. The minimum Gasteiger partial charge on any atom is -0.317 e. The quantitative estimate of drug-likeness (QED) is 0.230. The van der Waals surface area contributed by atoms with Crippen LogP contribution in [0, 0.1) is 69.5 Å². The zero-order valence-corrected chi connectivity index (χ0v) is 44.8. The van der Waals surface area contributed by atoms with Gasteiger partial charge < -0.3 is 11.8 Å². The average Bonchev–Trinajstić information content (AvgIpc) is 2.98. The molecule has 1 aromatic rings. The molecule has 313 valence electrons. The Bertz CT molecular complexity index is 821. The van der Waals surface area contributed by atoms with Crippen LogP contribution < -0.4 is 0 Å². The van der Waals surface area contributed by atoms with Gasteiger partial charge in [-0.05, 0) is 81.6 Å². The summed E-state index contributed by atoms with van der Waals surface area (Å²) in [7, 11) is 0. The maximum absolute atomic E-state index is 2.40. The minimum absolute atomic E-state index is 0. The molecular weight excluding hydrogens is 701 g/mol. The Morgan fingerprint density at radius 2 is 0.731 bits per heavy atom. The molecule has 0 N–H and O–H groups in total. The van der Waals surface area contributed by atoms with Gasteiger partial charge in [0.2, 0.25) is 0 Å². The zero-order valence-electron chi connectivity index (χ0n) is 42.0. The Kier molecular flexibility index (Phi) is 40.0. The second-order valence-electron chi connectivity index (χ2n) is 19.5. The van der Waals surface area contributed by atoms with Gasteiger partial charge in [-0.25, -0.2) is 0 Å². The van der Waals surface area contributed by atoms with E-state index in [0.29, 0.717) is 28.1 Å². The van der Waals surface area contributed by atoms with E-state index in [2.05, 4.69) is 197 Å². The molecule has 2 rings (SSSR count). The molecule has 0 saturated heterocycles. The monoisotopic (exact) mass is 806 g/mol. The van der Waals surface area contributed by atoms with Crippen LogP contribution in [-0.4, -0.2) is 0 Å². The molecule has 0 heterocycles. The Labute approximate surface area is 360 Å². The third-order valence-electron chi connectivity index (χ3n) is 12.6. The van der Waals surface area contributed by atoms with Gasteiger partial charge in [0.05, 0.1) is 0 Å². The van der Waals surface area contributed by atoms with Crippen molar-refractivity contribution in [1.82, 2.24) is 0 Å². The van der Waals surface area contributed by atoms with Crippen molar-refractivity contribution in [3.63, 3.8) is 0 Å². The molecule has 0 spiro atoms. The first kappa shape index (κ1) is 64.2. The van der Waals surface area contributed by atoms with E-state index in [1.54, 1.807) is 0 Å². The van der Waals surface area contributed by atoms with E-state index in [9.17, 15) is 0 Å². The summed E-state index contributed by atoms with van der Waals surface area (Å²) in [6.45, 7) is 65.2. The maximum Gasteiger partial charge on any atom is 0 e. The van der Waals surface area contributed by atoms with E-state index >= 15 is 0 Å². The summed E-state index contributed by atoms with van der Waals surface area (Å²) in [5.74, 6) is 10.5. The molecular formula is C51H104Y-2. The molecule has 1 fully saturated rings. The largest absolute Gasteiger partial charge is 0.317 e. The first-order chi connectivity index (χ1) is 23.0. The molecule has 2 atom stereocenters. The van der Waals surface area contributed by atoms with Crippen LogP contribution in [0.3, 0.4) is 0 Å². The van der Waals surface area contributed by atoms with Crippen molar-refractivity contribution in [2.24, 2.45) is 57.7 Å². The fourth-order valence-corrected chi connectivity index (χ4v) is 5.46. The Morgan fingerprint density at radius 3 is 0.827 bits per heavy atom. The Balaban J connectivity index is -0.000000127. The molecule has 1 aliphatic rings. The zero-order chi connectivity index (χ0) is 42.2.